The van der Waals surface area contributed by atoms with Gasteiger partial charge in [-0.15, -0.1) is 0 Å². The van der Waals surface area contributed by atoms with Gasteiger partial charge >= 0.3 is 0 Å². The Morgan fingerprint density at radius 1 is 0.963 bits per heavy atom. The largest absolute Gasteiger partial charge is 0.382 e. The van der Waals surface area contributed by atoms with Gasteiger partial charge in [-0.2, -0.15) is 0 Å². The minimum atomic E-state index is -0.209. The molecular weight excluding hydrogens is 348 g/mol. The SMILES string of the molecule is CC.COCCOCCC(=O)NCC(=O)NC1CCC(C(=O)C(C)C)CC1. The molecule has 0 heterocycles. The zero-order chi connectivity index (χ0) is 20.7. The third-order valence-corrected chi connectivity index (χ3v) is 4.42. The molecule has 0 aromatic heterocycles. The van der Waals surface area contributed by atoms with Gasteiger partial charge in [0.25, 0.3) is 0 Å². The van der Waals surface area contributed by atoms with Crippen molar-refractivity contribution in [2.45, 2.75) is 65.8 Å². The molecule has 2 N–H and O–H groups in total. The minimum absolute atomic E-state index is 0.0260. The summed E-state index contributed by atoms with van der Waals surface area (Å²) in [6.45, 7) is 9.09. The Morgan fingerprint density at radius 2 is 1.59 bits per heavy atom. The van der Waals surface area contributed by atoms with Crippen LogP contribution in [0, 0.1) is 11.8 Å². The van der Waals surface area contributed by atoms with E-state index in [4.69, 9.17) is 9.47 Å². The summed E-state index contributed by atoms with van der Waals surface area (Å²) in [5, 5.41) is 5.52. The number of ether oxygens (including phenoxy) is 2. The number of nitrogens with one attached hydrogen (secondary N) is 2. The Kier molecular flexibility index (Phi) is 14.7. The first-order valence-corrected chi connectivity index (χ1v) is 10.1. The molecule has 7 nitrogen and oxygen atoms in total. The summed E-state index contributed by atoms with van der Waals surface area (Å²) in [6.07, 6.45) is 3.51. The molecule has 0 bridgehead atoms. The molecule has 0 aliphatic heterocycles. The molecule has 0 aromatic rings. The van der Waals surface area contributed by atoms with Crippen molar-refractivity contribution in [3.8, 4) is 0 Å². The van der Waals surface area contributed by atoms with E-state index in [0.717, 1.165) is 25.7 Å². The summed E-state index contributed by atoms with van der Waals surface area (Å²) in [6, 6.07) is 0.0954. The van der Waals surface area contributed by atoms with E-state index < -0.39 is 0 Å². The summed E-state index contributed by atoms with van der Waals surface area (Å²) in [5.41, 5.74) is 0. The number of ketones is 1. The van der Waals surface area contributed by atoms with Crippen molar-refractivity contribution in [1.82, 2.24) is 10.6 Å². The molecule has 0 saturated heterocycles. The van der Waals surface area contributed by atoms with Crippen LogP contribution in [-0.2, 0) is 23.9 Å². The van der Waals surface area contributed by atoms with E-state index in [1.807, 2.05) is 27.7 Å². The summed E-state index contributed by atoms with van der Waals surface area (Å²) in [5.74, 6) is 0.131. The Hall–Kier alpha value is -1.47. The van der Waals surface area contributed by atoms with Gasteiger partial charge in [0.15, 0.2) is 0 Å². The van der Waals surface area contributed by atoms with E-state index in [-0.39, 0.29) is 42.7 Å². The lowest BCUT2D eigenvalue weighted by Crippen LogP contribution is -2.44. The molecule has 27 heavy (non-hydrogen) atoms. The summed E-state index contributed by atoms with van der Waals surface area (Å²) < 4.78 is 10.0. The van der Waals surface area contributed by atoms with Gasteiger partial charge < -0.3 is 20.1 Å². The number of methoxy groups -OCH3 is 1. The standard InChI is InChI=1S/C18H32N2O5.C2H6/c1-13(2)18(23)14-4-6-15(7-5-14)20-17(22)12-19-16(21)8-9-25-11-10-24-3;1-2/h13-15H,4-12H2,1-3H3,(H,19,21)(H,20,22);1-2H3. The lowest BCUT2D eigenvalue weighted by Gasteiger charge is -2.29. The van der Waals surface area contributed by atoms with Crippen LogP contribution in [0.15, 0.2) is 0 Å². The maximum Gasteiger partial charge on any atom is 0.239 e. The van der Waals surface area contributed by atoms with Crippen LogP contribution >= 0.6 is 0 Å². The van der Waals surface area contributed by atoms with E-state index >= 15 is 0 Å². The molecule has 0 spiro atoms. The predicted octanol–water partition coefficient (Wildman–Crippen LogP) is 2.08. The zero-order valence-electron chi connectivity index (χ0n) is 17.6. The predicted molar refractivity (Wildman–Crippen MR) is 105 cm³/mol. The molecule has 1 rings (SSSR count). The second-order valence-corrected chi connectivity index (χ2v) is 6.81. The van der Waals surface area contributed by atoms with Gasteiger partial charge in [-0.05, 0) is 25.7 Å². The van der Waals surface area contributed by atoms with Crippen LogP contribution in [0.3, 0.4) is 0 Å². The van der Waals surface area contributed by atoms with Crippen molar-refractivity contribution < 1.29 is 23.9 Å². The van der Waals surface area contributed by atoms with Crippen molar-refractivity contribution in [2.75, 3.05) is 33.5 Å². The van der Waals surface area contributed by atoms with Crippen molar-refractivity contribution in [1.29, 1.82) is 0 Å². The first-order chi connectivity index (χ1) is 12.9. The van der Waals surface area contributed by atoms with Gasteiger partial charge in [0.2, 0.25) is 11.8 Å². The number of carbonyl (C=O) groups is 3. The smallest absolute Gasteiger partial charge is 0.239 e. The zero-order valence-corrected chi connectivity index (χ0v) is 17.6. The molecule has 7 heteroatoms. The van der Waals surface area contributed by atoms with Crippen LogP contribution in [0.4, 0.5) is 0 Å². The van der Waals surface area contributed by atoms with Gasteiger partial charge in [-0.25, -0.2) is 0 Å². The highest BCUT2D eigenvalue weighted by Gasteiger charge is 2.28. The van der Waals surface area contributed by atoms with Crippen molar-refractivity contribution >= 4 is 17.6 Å². The van der Waals surface area contributed by atoms with Gasteiger partial charge in [-0.1, -0.05) is 27.7 Å². The molecular formula is C20H38N2O5. The minimum Gasteiger partial charge on any atom is -0.382 e. The number of Topliss-reactive ketones (excluding diaryl/α,β-unsaturated/α-hetero) is 1. The van der Waals surface area contributed by atoms with E-state index in [9.17, 15) is 14.4 Å². The highest BCUT2D eigenvalue weighted by molar-refractivity contribution is 5.85. The number of amides is 2. The van der Waals surface area contributed by atoms with E-state index in [1.54, 1.807) is 7.11 Å². The summed E-state index contributed by atoms with van der Waals surface area (Å²) in [7, 11) is 1.59. The quantitative estimate of drug-likeness (QED) is 0.530. The lowest BCUT2D eigenvalue weighted by atomic mass is 9.80. The second-order valence-electron chi connectivity index (χ2n) is 6.81. The molecule has 1 saturated carbocycles. The van der Waals surface area contributed by atoms with Crippen LogP contribution in [0.1, 0.15) is 59.8 Å². The van der Waals surface area contributed by atoms with Crippen LogP contribution in [0.5, 0.6) is 0 Å². The lowest BCUT2D eigenvalue weighted by molar-refractivity contribution is -0.128. The topological polar surface area (TPSA) is 93.7 Å². The monoisotopic (exact) mass is 386 g/mol. The first-order valence-electron chi connectivity index (χ1n) is 10.1. The summed E-state index contributed by atoms with van der Waals surface area (Å²) >= 11 is 0. The van der Waals surface area contributed by atoms with Crippen LogP contribution in [0.25, 0.3) is 0 Å². The fraction of sp³-hybridized carbons (Fsp3) is 0.850. The third kappa shape index (κ3) is 11.8. The van der Waals surface area contributed by atoms with Crippen molar-refractivity contribution in [3.05, 3.63) is 0 Å². The van der Waals surface area contributed by atoms with E-state index in [1.165, 1.54) is 0 Å². The molecule has 2 amide bonds. The van der Waals surface area contributed by atoms with E-state index in [0.29, 0.717) is 25.6 Å². The fourth-order valence-corrected chi connectivity index (χ4v) is 2.95. The number of hydrogen-bond acceptors (Lipinski definition) is 5. The first kappa shape index (κ1) is 25.5. The van der Waals surface area contributed by atoms with Crippen LogP contribution in [0.2, 0.25) is 0 Å². The number of rotatable bonds is 11. The Balaban J connectivity index is 0.00000326. The van der Waals surface area contributed by atoms with Gasteiger partial charge in [0.05, 0.1) is 26.4 Å². The molecule has 1 aliphatic rings. The van der Waals surface area contributed by atoms with Crippen molar-refractivity contribution in [3.63, 3.8) is 0 Å². The molecule has 0 atom stereocenters. The van der Waals surface area contributed by atoms with Gasteiger partial charge in [0, 0.05) is 31.4 Å². The normalized spacial score (nSPS) is 19.0. The van der Waals surface area contributed by atoms with Crippen LogP contribution in [-0.4, -0.2) is 57.1 Å². The second kappa shape index (κ2) is 15.6. The third-order valence-electron chi connectivity index (χ3n) is 4.42. The molecule has 1 aliphatic carbocycles. The average Bonchev–Trinajstić information content (AvgIpc) is 2.67. The fourth-order valence-electron chi connectivity index (χ4n) is 2.95. The van der Waals surface area contributed by atoms with Gasteiger partial charge in [0.1, 0.15) is 5.78 Å². The van der Waals surface area contributed by atoms with Crippen LogP contribution < -0.4 is 10.6 Å². The average molecular weight is 387 g/mol. The Labute approximate surface area is 163 Å². The molecule has 0 aromatic carbocycles. The Morgan fingerprint density at radius 3 is 2.15 bits per heavy atom. The molecule has 1 fully saturated rings. The molecule has 0 radical (unpaired) electrons. The maximum absolute atomic E-state index is 12.0. The summed E-state index contributed by atoms with van der Waals surface area (Å²) in [4.78, 5) is 35.5. The Bertz CT molecular complexity index is 432. The highest BCUT2D eigenvalue weighted by atomic mass is 16.5. The molecule has 0 unspecified atom stereocenters. The van der Waals surface area contributed by atoms with E-state index in [2.05, 4.69) is 10.6 Å². The number of hydrogen-bond donors (Lipinski definition) is 2. The highest BCUT2D eigenvalue weighted by Crippen LogP contribution is 2.27. The number of carbonyl (C=O) groups excluding carboxylic acids is 3. The molecule has 158 valence electrons. The van der Waals surface area contributed by atoms with Gasteiger partial charge in [-0.3, -0.25) is 14.4 Å². The maximum atomic E-state index is 12.0. The van der Waals surface area contributed by atoms with Crippen molar-refractivity contribution in [2.24, 2.45) is 11.8 Å².